The molecular formula is C10H17NO. The van der Waals surface area contributed by atoms with Crippen LogP contribution in [0.5, 0.6) is 0 Å². The molecule has 1 saturated carbocycles. The van der Waals surface area contributed by atoms with Crippen molar-refractivity contribution in [2.75, 3.05) is 0 Å². The van der Waals surface area contributed by atoms with Crippen molar-refractivity contribution >= 4 is 5.91 Å². The van der Waals surface area contributed by atoms with Gasteiger partial charge in [0.1, 0.15) is 0 Å². The highest BCUT2D eigenvalue weighted by molar-refractivity contribution is 5.74. The normalized spacial score (nSPS) is 21.4. The molecular weight excluding hydrogens is 150 g/mol. The monoisotopic (exact) mass is 167 g/mol. The van der Waals surface area contributed by atoms with Gasteiger partial charge in [-0.25, -0.2) is 0 Å². The Morgan fingerprint density at radius 1 is 1.42 bits per heavy atom. The van der Waals surface area contributed by atoms with E-state index in [1.165, 1.54) is 19.3 Å². The van der Waals surface area contributed by atoms with E-state index in [1.54, 1.807) is 6.92 Å². The lowest BCUT2D eigenvalue weighted by atomic mass is 9.82. The van der Waals surface area contributed by atoms with Crippen molar-refractivity contribution in [1.29, 1.82) is 0 Å². The maximum atomic E-state index is 10.9. The van der Waals surface area contributed by atoms with E-state index in [4.69, 9.17) is 0 Å². The third-order valence-electron chi connectivity index (χ3n) is 2.56. The summed E-state index contributed by atoms with van der Waals surface area (Å²) in [6.45, 7) is 5.36. The first-order chi connectivity index (χ1) is 5.68. The zero-order valence-corrected chi connectivity index (χ0v) is 7.73. The third-order valence-corrected chi connectivity index (χ3v) is 2.56. The van der Waals surface area contributed by atoms with Crippen molar-refractivity contribution in [2.24, 2.45) is 0 Å². The Morgan fingerprint density at radius 3 is 2.42 bits per heavy atom. The highest BCUT2D eigenvalue weighted by atomic mass is 16.1. The second kappa shape index (κ2) is 3.74. The highest BCUT2D eigenvalue weighted by Crippen LogP contribution is 2.28. The van der Waals surface area contributed by atoms with E-state index in [0.29, 0.717) is 0 Å². The van der Waals surface area contributed by atoms with Gasteiger partial charge in [0.15, 0.2) is 0 Å². The zero-order valence-electron chi connectivity index (χ0n) is 7.73. The number of amides is 1. The van der Waals surface area contributed by atoms with E-state index < -0.39 is 0 Å². The number of hydrogen-bond acceptors (Lipinski definition) is 1. The van der Waals surface area contributed by atoms with E-state index >= 15 is 0 Å². The predicted octanol–water partition coefficient (Wildman–Crippen LogP) is 2.01. The van der Waals surface area contributed by atoms with Gasteiger partial charge in [0, 0.05) is 6.92 Å². The first-order valence-corrected chi connectivity index (χ1v) is 4.61. The molecule has 0 heterocycles. The molecule has 0 aromatic heterocycles. The molecule has 0 radical (unpaired) electrons. The number of carbonyl (C=O) groups is 1. The molecule has 1 rings (SSSR count). The Balaban J connectivity index is 2.59. The molecule has 12 heavy (non-hydrogen) atoms. The average molecular weight is 167 g/mol. The summed E-state index contributed by atoms with van der Waals surface area (Å²) in [5, 5.41) is 2.99. The van der Waals surface area contributed by atoms with Crippen LogP contribution < -0.4 is 5.32 Å². The second-order valence-electron chi connectivity index (χ2n) is 3.60. The number of carbonyl (C=O) groups excluding carboxylic acids is 1. The summed E-state index contributed by atoms with van der Waals surface area (Å²) in [5.41, 5.74) is -0.0932. The van der Waals surface area contributed by atoms with Gasteiger partial charge in [0.25, 0.3) is 0 Å². The van der Waals surface area contributed by atoms with Crippen molar-refractivity contribution in [3.63, 3.8) is 0 Å². The van der Waals surface area contributed by atoms with Gasteiger partial charge in [-0.15, -0.1) is 6.58 Å². The maximum Gasteiger partial charge on any atom is 0.217 e. The lowest BCUT2D eigenvalue weighted by Crippen LogP contribution is -2.47. The Bertz CT molecular complexity index is 180. The zero-order chi connectivity index (χ0) is 9.03. The van der Waals surface area contributed by atoms with Gasteiger partial charge in [0.2, 0.25) is 5.91 Å². The van der Waals surface area contributed by atoms with Crippen LogP contribution in [-0.2, 0) is 4.79 Å². The first-order valence-electron chi connectivity index (χ1n) is 4.61. The molecule has 68 valence electrons. The topological polar surface area (TPSA) is 29.1 Å². The Labute approximate surface area is 74.0 Å². The van der Waals surface area contributed by atoms with Crippen LogP contribution in [0.1, 0.15) is 39.0 Å². The van der Waals surface area contributed by atoms with Crippen molar-refractivity contribution < 1.29 is 4.79 Å². The van der Waals surface area contributed by atoms with Gasteiger partial charge in [-0.2, -0.15) is 0 Å². The molecule has 2 nitrogen and oxygen atoms in total. The van der Waals surface area contributed by atoms with Crippen LogP contribution in [0.3, 0.4) is 0 Å². The smallest absolute Gasteiger partial charge is 0.217 e. The maximum absolute atomic E-state index is 10.9. The Hall–Kier alpha value is -0.790. The molecule has 1 N–H and O–H groups in total. The largest absolute Gasteiger partial charge is 0.347 e. The summed E-state index contributed by atoms with van der Waals surface area (Å²) in [7, 11) is 0. The molecule has 0 aromatic carbocycles. The summed E-state index contributed by atoms with van der Waals surface area (Å²) >= 11 is 0. The minimum absolute atomic E-state index is 0.0526. The molecule has 0 aliphatic heterocycles. The molecule has 0 spiro atoms. The van der Waals surface area contributed by atoms with Crippen LogP contribution in [-0.4, -0.2) is 11.4 Å². The van der Waals surface area contributed by atoms with Gasteiger partial charge in [-0.1, -0.05) is 25.3 Å². The molecule has 0 bridgehead atoms. The predicted molar refractivity (Wildman–Crippen MR) is 49.8 cm³/mol. The number of nitrogens with one attached hydrogen (secondary N) is 1. The molecule has 1 aliphatic carbocycles. The minimum Gasteiger partial charge on any atom is -0.347 e. The van der Waals surface area contributed by atoms with Crippen LogP contribution in [0.15, 0.2) is 12.7 Å². The van der Waals surface area contributed by atoms with Crippen molar-refractivity contribution in [3.05, 3.63) is 12.7 Å². The van der Waals surface area contributed by atoms with Crippen LogP contribution in [0.2, 0.25) is 0 Å². The Morgan fingerprint density at radius 2 is 2.00 bits per heavy atom. The number of rotatable bonds is 2. The summed E-state index contributed by atoms with van der Waals surface area (Å²) in [6, 6.07) is 0. The quantitative estimate of drug-likeness (QED) is 0.626. The SMILES string of the molecule is C=CC1(NC(C)=O)CCCCC1. The average Bonchev–Trinajstić information content (AvgIpc) is 2.05. The highest BCUT2D eigenvalue weighted by Gasteiger charge is 2.28. The Kier molecular flexibility index (Phi) is 2.90. The van der Waals surface area contributed by atoms with Gasteiger partial charge >= 0.3 is 0 Å². The first kappa shape index (κ1) is 9.30. The van der Waals surface area contributed by atoms with E-state index in [1.807, 2.05) is 6.08 Å². The molecule has 1 amide bonds. The second-order valence-corrected chi connectivity index (χ2v) is 3.60. The van der Waals surface area contributed by atoms with E-state index in [2.05, 4.69) is 11.9 Å². The number of hydrogen-bond donors (Lipinski definition) is 1. The molecule has 0 aromatic rings. The van der Waals surface area contributed by atoms with Crippen LogP contribution in [0, 0.1) is 0 Å². The molecule has 0 unspecified atom stereocenters. The summed E-state index contributed by atoms with van der Waals surface area (Å²) in [5.74, 6) is 0.0526. The van der Waals surface area contributed by atoms with E-state index in [-0.39, 0.29) is 11.4 Å². The van der Waals surface area contributed by atoms with Gasteiger partial charge in [0.05, 0.1) is 5.54 Å². The van der Waals surface area contributed by atoms with Crippen LogP contribution >= 0.6 is 0 Å². The van der Waals surface area contributed by atoms with Gasteiger partial charge in [-0.3, -0.25) is 4.79 Å². The van der Waals surface area contributed by atoms with Crippen molar-refractivity contribution in [2.45, 2.75) is 44.6 Å². The molecule has 2 heteroatoms. The molecule has 1 fully saturated rings. The third kappa shape index (κ3) is 2.10. The summed E-state index contributed by atoms with van der Waals surface area (Å²) in [6.07, 6.45) is 7.69. The van der Waals surface area contributed by atoms with Crippen LogP contribution in [0.25, 0.3) is 0 Å². The fourth-order valence-corrected chi connectivity index (χ4v) is 1.91. The fourth-order valence-electron chi connectivity index (χ4n) is 1.91. The van der Waals surface area contributed by atoms with E-state index in [0.717, 1.165) is 12.8 Å². The molecule has 1 aliphatic rings. The summed E-state index contributed by atoms with van der Waals surface area (Å²) < 4.78 is 0. The van der Waals surface area contributed by atoms with E-state index in [9.17, 15) is 4.79 Å². The minimum atomic E-state index is -0.0932. The van der Waals surface area contributed by atoms with Crippen molar-refractivity contribution in [3.8, 4) is 0 Å². The summed E-state index contributed by atoms with van der Waals surface area (Å²) in [4.78, 5) is 10.9. The lowest BCUT2D eigenvalue weighted by molar-refractivity contribution is -0.120. The van der Waals surface area contributed by atoms with Gasteiger partial charge in [-0.05, 0) is 12.8 Å². The molecule has 0 atom stereocenters. The van der Waals surface area contributed by atoms with Gasteiger partial charge < -0.3 is 5.32 Å². The van der Waals surface area contributed by atoms with Crippen LogP contribution in [0.4, 0.5) is 0 Å². The molecule has 0 saturated heterocycles. The lowest BCUT2D eigenvalue weighted by Gasteiger charge is -2.34. The standard InChI is InChI=1S/C10H17NO/c1-3-10(11-9(2)12)7-5-4-6-8-10/h3H,1,4-8H2,2H3,(H,11,12). The van der Waals surface area contributed by atoms with Crippen molar-refractivity contribution in [1.82, 2.24) is 5.32 Å². The fraction of sp³-hybridized carbons (Fsp3) is 0.700.